The minimum Gasteiger partial charge on any atom is -0.497 e. The summed E-state index contributed by atoms with van der Waals surface area (Å²) in [6.07, 6.45) is 0. The molecule has 0 aliphatic carbocycles. The number of amides is 1. The van der Waals surface area contributed by atoms with E-state index in [0.29, 0.717) is 28.8 Å². The van der Waals surface area contributed by atoms with Crippen LogP contribution in [0.4, 0.5) is 0 Å². The van der Waals surface area contributed by atoms with Gasteiger partial charge in [0.2, 0.25) is 0 Å². The van der Waals surface area contributed by atoms with Gasteiger partial charge in [-0.15, -0.1) is 0 Å². The Hall–Kier alpha value is -2.53. The lowest BCUT2D eigenvalue weighted by Crippen LogP contribution is -2.33. The van der Waals surface area contributed by atoms with Gasteiger partial charge in [0.25, 0.3) is 15.9 Å². The first-order valence-electron chi connectivity index (χ1n) is 11.8. The fourth-order valence-corrected chi connectivity index (χ4v) is 5.99. The highest BCUT2D eigenvalue weighted by Gasteiger charge is 2.44. The smallest absolute Gasteiger partial charge is 0.343 e. The summed E-state index contributed by atoms with van der Waals surface area (Å²) in [7, 11) is -2.88. The van der Waals surface area contributed by atoms with E-state index in [9.17, 15) is 18.0 Å². The number of nitrogens with zero attached hydrogens (tertiary/aromatic N) is 2. The van der Waals surface area contributed by atoms with Crippen molar-refractivity contribution in [2.45, 2.75) is 38.5 Å². The maximum Gasteiger partial charge on any atom is 0.343 e. The van der Waals surface area contributed by atoms with E-state index < -0.39 is 28.6 Å². The van der Waals surface area contributed by atoms with Crippen LogP contribution in [-0.4, -0.2) is 69.6 Å². The number of hydrogen-bond acceptors (Lipinski definition) is 8. The summed E-state index contributed by atoms with van der Waals surface area (Å²) < 4.78 is 43.0. The second-order valence-corrected chi connectivity index (χ2v) is 11.2. The molecular weight excluding hydrogens is 543 g/mol. The third-order valence-electron chi connectivity index (χ3n) is 6.10. The van der Waals surface area contributed by atoms with Gasteiger partial charge in [-0.1, -0.05) is 50.9 Å². The highest BCUT2D eigenvalue weighted by molar-refractivity contribution is 7.90. The monoisotopic (exact) mass is 572 g/mol. The zero-order valence-corrected chi connectivity index (χ0v) is 23.7. The van der Waals surface area contributed by atoms with Crippen molar-refractivity contribution in [2.24, 2.45) is 0 Å². The number of methoxy groups -OCH3 is 1. The second-order valence-electron chi connectivity index (χ2n) is 8.57. The molecule has 0 radical (unpaired) electrons. The van der Waals surface area contributed by atoms with Gasteiger partial charge in [0, 0.05) is 12.6 Å². The van der Waals surface area contributed by atoms with Crippen LogP contribution in [0.25, 0.3) is 0 Å². The molecule has 0 aromatic heterocycles. The number of benzene rings is 2. The predicted octanol–water partition coefficient (Wildman–Crippen LogP) is 4.81. The molecule has 0 N–H and O–H groups in total. The van der Waals surface area contributed by atoms with Crippen LogP contribution in [0.5, 0.6) is 11.5 Å². The summed E-state index contributed by atoms with van der Waals surface area (Å²) in [6.45, 7) is 9.60. The highest BCUT2D eigenvalue weighted by Crippen LogP contribution is 2.39. The standard InChI is InChI=1S/C25H30Cl2N2O7S/c1-6-28(7-2)10-11-35-19-9-8-18(26)22(23(19)27)25(31)36-14-29-24(30)21-17(15(3)4)12-16(34-5)13-20(21)37(29,32)33/h8-9,12-13,15H,6-7,10-11,14H2,1-5H3. The molecule has 202 valence electrons. The Kier molecular flexibility index (Phi) is 9.33. The molecule has 0 saturated carbocycles. The SMILES string of the molecule is CCN(CC)CCOc1ccc(Cl)c(C(=O)OCN2C(=O)c3c(C(C)C)cc(OC)cc3S2(=O)=O)c1Cl. The summed E-state index contributed by atoms with van der Waals surface area (Å²) >= 11 is 12.6. The van der Waals surface area contributed by atoms with Gasteiger partial charge in [0.1, 0.15) is 28.6 Å². The van der Waals surface area contributed by atoms with Crippen molar-refractivity contribution in [3.8, 4) is 11.5 Å². The maximum atomic E-state index is 13.2. The molecule has 0 spiro atoms. The number of esters is 1. The van der Waals surface area contributed by atoms with Gasteiger partial charge in [-0.2, -0.15) is 4.31 Å². The zero-order valence-electron chi connectivity index (χ0n) is 21.3. The summed E-state index contributed by atoms with van der Waals surface area (Å²) in [4.78, 5) is 28.0. The third kappa shape index (κ3) is 5.82. The number of ether oxygens (including phenoxy) is 3. The normalized spacial score (nSPS) is 14.3. The van der Waals surface area contributed by atoms with E-state index in [1.807, 2.05) is 27.7 Å². The van der Waals surface area contributed by atoms with E-state index in [0.717, 1.165) is 13.1 Å². The van der Waals surface area contributed by atoms with Crippen molar-refractivity contribution in [1.29, 1.82) is 0 Å². The van der Waals surface area contributed by atoms with Crippen molar-refractivity contribution in [2.75, 3.05) is 40.1 Å². The molecule has 1 aliphatic heterocycles. The Morgan fingerprint density at radius 2 is 1.81 bits per heavy atom. The number of sulfonamides is 1. The molecule has 3 rings (SSSR count). The summed E-state index contributed by atoms with van der Waals surface area (Å²) in [5.41, 5.74) is 0.360. The molecule has 2 aromatic carbocycles. The van der Waals surface area contributed by atoms with Crippen LogP contribution in [0, 0.1) is 0 Å². The lowest BCUT2D eigenvalue weighted by molar-refractivity contribution is 0.0357. The minimum absolute atomic E-state index is 0.00295. The Balaban J connectivity index is 1.81. The molecular formula is C25H30Cl2N2O7S. The first-order chi connectivity index (χ1) is 17.5. The number of rotatable bonds is 11. The average Bonchev–Trinajstić information content (AvgIpc) is 3.05. The molecule has 0 bridgehead atoms. The second kappa shape index (κ2) is 11.9. The van der Waals surface area contributed by atoms with Crippen LogP contribution in [0.15, 0.2) is 29.2 Å². The third-order valence-corrected chi connectivity index (χ3v) is 8.52. The van der Waals surface area contributed by atoms with Crippen molar-refractivity contribution >= 4 is 45.1 Å². The Labute approximate surface area is 227 Å². The quantitative estimate of drug-likeness (QED) is 0.353. The van der Waals surface area contributed by atoms with Crippen LogP contribution in [0.3, 0.4) is 0 Å². The predicted molar refractivity (Wildman–Crippen MR) is 140 cm³/mol. The van der Waals surface area contributed by atoms with Crippen LogP contribution in [0.2, 0.25) is 10.0 Å². The summed E-state index contributed by atoms with van der Waals surface area (Å²) in [6, 6.07) is 5.88. The van der Waals surface area contributed by atoms with Crippen molar-refractivity contribution in [3.63, 3.8) is 0 Å². The Bertz CT molecular complexity index is 1290. The molecule has 37 heavy (non-hydrogen) atoms. The van der Waals surface area contributed by atoms with E-state index in [2.05, 4.69) is 4.90 Å². The van der Waals surface area contributed by atoms with Gasteiger partial charge in [-0.25, -0.2) is 13.2 Å². The van der Waals surface area contributed by atoms with Gasteiger partial charge >= 0.3 is 5.97 Å². The van der Waals surface area contributed by atoms with Gasteiger partial charge in [0.15, 0.2) is 6.73 Å². The largest absolute Gasteiger partial charge is 0.497 e. The van der Waals surface area contributed by atoms with Gasteiger partial charge in [-0.3, -0.25) is 4.79 Å². The van der Waals surface area contributed by atoms with Crippen LogP contribution in [-0.2, 0) is 14.8 Å². The number of carbonyl (C=O) groups excluding carboxylic acids is 2. The van der Waals surface area contributed by atoms with Crippen molar-refractivity contribution in [1.82, 2.24) is 9.21 Å². The van der Waals surface area contributed by atoms with E-state index in [1.54, 1.807) is 6.07 Å². The van der Waals surface area contributed by atoms with Crippen LogP contribution >= 0.6 is 23.2 Å². The molecule has 0 unspecified atom stereocenters. The number of fused-ring (bicyclic) bond motifs is 1. The Morgan fingerprint density at radius 3 is 2.41 bits per heavy atom. The van der Waals surface area contributed by atoms with Gasteiger partial charge in [0.05, 0.1) is 22.7 Å². The minimum atomic E-state index is -4.28. The molecule has 0 atom stereocenters. The fraction of sp³-hybridized carbons (Fsp3) is 0.440. The van der Waals surface area contributed by atoms with Gasteiger partial charge < -0.3 is 19.1 Å². The highest BCUT2D eigenvalue weighted by atomic mass is 35.5. The number of carbonyl (C=O) groups is 2. The summed E-state index contributed by atoms with van der Waals surface area (Å²) in [5.74, 6) is -1.41. The number of hydrogen-bond donors (Lipinski definition) is 0. The molecule has 0 saturated heterocycles. The molecule has 1 aliphatic rings. The van der Waals surface area contributed by atoms with Crippen molar-refractivity contribution < 1.29 is 32.2 Å². The molecule has 1 amide bonds. The fourth-order valence-electron chi connectivity index (χ4n) is 3.94. The van der Waals surface area contributed by atoms with Crippen molar-refractivity contribution in [3.05, 3.63) is 51.0 Å². The topological polar surface area (TPSA) is 102 Å². The molecule has 1 heterocycles. The first kappa shape index (κ1) is 29.0. The van der Waals surface area contributed by atoms with E-state index in [-0.39, 0.29) is 37.7 Å². The van der Waals surface area contributed by atoms with E-state index >= 15 is 0 Å². The molecule has 9 nitrogen and oxygen atoms in total. The molecule has 2 aromatic rings. The maximum absolute atomic E-state index is 13.2. The van der Waals surface area contributed by atoms with E-state index in [4.69, 9.17) is 37.4 Å². The lowest BCUT2D eigenvalue weighted by Gasteiger charge is -2.19. The van der Waals surface area contributed by atoms with E-state index in [1.165, 1.54) is 25.3 Å². The van der Waals surface area contributed by atoms with Crippen LogP contribution in [0.1, 0.15) is 59.9 Å². The van der Waals surface area contributed by atoms with Crippen LogP contribution < -0.4 is 9.47 Å². The number of halogens is 2. The number of likely N-dealkylation sites (N-methyl/N-ethyl adjacent to an activating group) is 1. The molecule has 12 heteroatoms. The van der Waals surface area contributed by atoms with Gasteiger partial charge in [-0.05, 0) is 42.8 Å². The summed E-state index contributed by atoms with van der Waals surface area (Å²) in [5, 5.41) is -0.0698. The lowest BCUT2D eigenvalue weighted by atomic mass is 9.96. The average molecular weight is 573 g/mol. The Morgan fingerprint density at radius 1 is 1.14 bits per heavy atom. The zero-order chi connectivity index (χ0) is 27.5. The first-order valence-corrected chi connectivity index (χ1v) is 14.0. The molecule has 0 fully saturated rings.